The molecule has 0 radical (unpaired) electrons. The first-order chi connectivity index (χ1) is 28.8. The van der Waals surface area contributed by atoms with Crippen LogP contribution in [0.2, 0.25) is 0 Å². The van der Waals surface area contributed by atoms with Crippen LogP contribution in [0.5, 0.6) is 17.4 Å². The van der Waals surface area contributed by atoms with Gasteiger partial charge >= 0.3 is 6.03 Å². The Kier molecular flexibility index (Phi) is 11.2. The quantitative estimate of drug-likeness (QED) is 0.179. The predicted octanol–water partition coefficient (Wildman–Crippen LogP) is 6.07. The fraction of sp³-hybridized carbons (Fsp3) is 0.444. The molecular formula is C45H52N6O8S. The predicted molar refractivity (Wildman–Crippen MR) is 226 cm³/mol. The number of nitrogens with zero attached hydrogens (tertiary/aromatic N) is 4. The SMILES string of the molecule is COc1ccc(CN2CCCCC/C=C\C3CC3(C(=O)NS(=O)(=O)C3(C)CC3)NC(=O)C3CC(Oc4nc(-c5ccccc5)nc5c(C)c(OC)ccc45)CN3C2=O)cc1. The van der Waals surface area contributed by atoms with E-state index in [1.54, 1.807) is 26.0 Å². The summed E-state index contributed by atoms with van der Waals surface area (Å²) in [6.45, 7) is 4.33. The van der Waals surface area contributed by atoms with Crippen molar-refractivity contribution in [3.05, 3.63) is 90.0 Å². The summed E-state index contributed by atoms with van der Waals surface area (Å²) >= 11 is 0. The number of hydrogen-bond donors (Lipinski definition) is 2. The van der Waals surface area contributed by atoms with Crippen LogP contribution < -0.4 is 24.2 Å². The van der Waals surface area contributed by atoms with Gasteiger partial charge in [0.2, 0.25) is 21.8 Å². The van der Waals surface area contributed by atoms with Gasteiger partial charge in [0, 0.05) is 36.6 Å². The van der Waals surface area contributed by atoms with Crippen molar-refractivity contribution in [3.63, 3.8) is 0 Å². The number of ether oxygens (including phenoxy) is 3. The van der Waals surface area contributed by atoms with Crippen LogP contribution in [0.3, 0.4) is 0 Å². The smallest absolute Gasteiger partial charge is 0.321 e. The van der Waals surface area contributed by atoms with Crippen LogP contribution in [0.15, 0.2) is 78.9 Å². The van der Waals surface area contributed by atoms with Crippen molar-refractivity contribution in [3.8, 4) is 28.8 Å². The average Bonchev–Trinajstić information content (AvgIpc) is 4.13. The van der Waals surface area contributed by atoms with Gasteiger partial charge in [0.15, 0.2) is 5.82 Å². The third kappa shape index (κ3) is 8.11. The molecule has 60 heavy (non-hydrogen) atoms. The van der Waals surface area contributed by atoms with E-state index in [4.69, 9.17) is 24.2 Å². The first-order valence-corrected chi connectivity index (χ1v) is 22.1. The zero-order valence-corrected chi connectivity index (χ0v) is 35.3. The Morgan fingerprint density at radius 1 is 0.967 bits per heavy atom. The summed E-state index contributed by atoms with van der Waals surface area (Å²) in [5, 5.41) is 3.62. The number of aryl methyl sites for hydroxylation is 1. The highest BCUT2D eigenvalue weighted by Crippen LogP contribution is 2.47. The lowest BCUT2D eigenvalue weighted by molar-refractivity contribution is -0.131. The van der Waals surface area contributed by atoms with Gasteiger partial charge < -0.3 is 29.3 Å². The Labute approximate surface area is 350 Å². The Morgan fingerprint density at radius 2 is 1.73 bits per heavy atom. The zero-order chi connectivity index (χ0) is 42.2. The number of rotatable bonds is 10. The first kappa shape index (κ1) is 41.1. The number of sulfonamides is 1. The Hall–Kier alpha value is -5.70. The van der Waals surface area contributed by atoms with E-state index in [2.05, 4.69) is 10.0 Å². The number of fused-ring (bicyclic) bond motifs is 3. The van der Waals surface area contributed by atoms with Gasteiger partial charge in [-0.1, -0.05) is 61.0 Å². The number of nitrogens with one attached hydrogen (secondary N) is 2. The topological polar surface area (TPSA) is 169 Å². The molecule has 0 spiro atoms. The van der Waals surface area contributed by atoms with Crippen molar-refractivity contribution in [2.75, 3.05) is 27.3 Å². The molecule has 3 fully saturated rings. The molecule has 2 aliphatic heterocycles. The number of urea groups is 1. The van der Waals surface area contributed by atoms with Crippen LogP contribution in [-0.2, 0) is 26.2 Å². The lowest BCUT2D eigenvalue weighted by Crippen LogP contribution is -2.58. The van der Waals surface area contributed by atoms with Gasteiger partial charge in [0.25, 0.3) is 5.91 Å². The summed E-state index contributed by atoms with van der Waals surface area (Å²) in [5.74, 6) is 0.347. The molecular weight excluding hydrogens is 785 g/mol. The number of aromatic nitrogens is 2. The summed E-state index contributed by atoms with van der Waals surface area (Å²) in [7, 11) is -0.783. The van der Waals surface area contributed by atoms with E-state index >= 15 is 0 Å². The fourth-order valence-corrected chi connectivity index (χ4v) is 9.57. The van der Waals surface area contributed by atoms with E-state index in [0.29, 0.717) is 60.0 Å². The minimum atomic E-state index is -3.98. The van der Waals surface area contributed by atoms with Crippen molar-refractivity contribution < 1.29 is 37.0 Å². The number of benzene rings is 3. The molecule has 1 aromatic heterocycles. The van der Waals surface area contributed by atoms with Crippen LogP contribution >= 0.6 is 0 Å². The average molecular weight is 837 g/mol. The molecule has 1 saturated heterocycles. The minimum absolute atomic E-state index is 0.0482. The van der Waals surface area contributed by atoms with E-state index < -0.39 is 50.2 Å². The van der Waals surface area contributed by atoms with Crippen LogP contribution in [0.4, 0.5) is 4.79 Å². The largest absolute Gasteiger partial charge is 0.497 e. The highest BCUT2D eigenvalue weighted by molar-refractivity contribution is 7.91. The molecule has 4 amide bonds. The number of methoxy groups -OCH3 is 2. The maximum absolute atomic E-state index is 14.9. The molecule has 8 rings (SSSR count). The molecule has 15 heteroatoms. The third-order valence-corrected chi connectivity index (χ3v) is 14.6. The molecule has 316 valence electrons. The highest BCUT2D eigenvalue weighted by Gasteiger charge is 2.63. The minimum Gasteiger partial charge on any atom is -0.497 e. The maximum Gasteiger partial charge on any atom is 0.321 e. The fourth-order valence-electron chi connectivity index (χ4n) is 8.26. The standard InChI is InChI=1S/C45H52N6O8S/c1-29-37(58-4)21-20-35-38(29)46-39(31-13-9-8-10-14-31)47-41(35)59-34-25-36-40(52)48-45(42(53)49-60(55,56)44(2)22-23-44)26-32(45)15-11-6-5-7-12-24-50(43(54)51(36)28-34)27-30-16-18-33(57-3)19-17-30/h8-11,13-21,32,34,36H,5-7,12,22-28H2,1-4H3,(H,48,52)(H,49,53)/b15-11-. The molecule has 4 atom stereocenters. The monoisotopic (exact) mass is 836 g/mol. The second kappa shape index (κ2) is 16.4. The van der Waals surface area contributed by atoms with Crippen LogP contribution in [-0.4, -0.2) is 95.8 Å². The summed E-state index contributed by atoms with van der Waals surface area (Å²) in [6, 6.07) is 19.3. The van der Waals surface area contributed by atoms with Crippen molar-refractivity contribution in [2.24, 2.45) is 5.92 Å². The van der Waals surface area contributed by atoms with Gasteiger partial charge in [-0.3, -0.25) is 14.3 Å². The summed E-state index contributed by atoms with van der Waals surface area (Å²) in [5.41, 5.74) is 1.63. The number of amides is 4. The Bertz CT molecular complexity index is 2420. The lowest BCUT2D eigenvalue weighted by atomic mass is 10.1. The van der Waals surface area contributed by atoms with Gasteiger partial charge in [-0.05, 0) is 82.2 Å². The second-order valence-corrected chi connectivity index (χ2v) is 18.8. The highest BCUT2D eigenvalue weighted by atomic mass is 32.2. The summed E-state index contributed by atoms with van der Waals surface area (Å²) < 4.78 is 45.6. The van der Waals surface area contributed by atoms with Crippen molar-refractivity contribution in [1.29, 1.82) is 0 Å². The lowest BCUT2D eigenvalue weighted by Gasteiger charge is -2.32. The van der Waals surface area contributed by atoms with E-state index in [1.807, 2.05) is 85.8 Å². The van der Waals surface area contributed by atoms with Gasteiger partial charge in [0.05, 0.1) is 36.4 Å². The van der Waals surface area contributed by atoms with E-state index in [1.165, 1.54) is 4.90 Å². The molecule has 2 aliphatic carbocycles. The second-order valence-electron chi connectivity index (χ2n) is 16.6. The molecule has 4 unspecified atom stereocenters. The normalized spacial score (nSPS) is 24.6. The number of allylic oxidation sites excluding steroid dienone is 1. The van der Waals surface area contributed by atoms with Gasteiger partial charge in [-0.2, -0.15) is 4.98 Å². The number of hydrogen-bond acceptors (Lipinski definition) is 10. The maximum atomic E-state index is 14.9. The van der Waals surface area contributed by atoms with Crippen LogP contribution in [0, 0.1) is 12.8 Å². The van der Waals surface area contributed by atoms with E-state index in [-0.39, 0.29) is 25.4 Å². The summed E-state index contributed by atoms with van der Waals surface area (Å²) in [6.07, 6.45) is 7.64. The van der Waals surface area contributed by atoms with Gasteiger partial charge in [-0.25, -0.2) is 18.2 Å². The number of carbonyl (C=O) groups excluding carboxylic acids is 3. The first-order valence-electron chi connectivity index (χ1n) is 20.7. The molecule has 2 saturated carbocycles. The summed E-state index contributed by atoms with van der Waals surface area (Å²) in [4.78, 5) is 56.7. The van der Waals surface area contributed by atoms with Crippen molar-refractivity contribution in [2.45, 2.75) is 94.2 Å². The molecule has 2 N–H and O–H groups in total. The molecule has 4 aromatic rings. The molecule has 3 heterocycles. The van der Waals surface area contributed by atoms with Crippen molar-refractivity contribution in [1.82, 2.24) is 29.8 Å². The zero-order valence-electron chi connectivity index (χ0n) is 34.5. The molecule has 3 aromatic carbocycles. The van der Waals surface area contributed by atoms with Crippen LogP contribution in [0.25, 0.3) is 22.3 Å². The molecule has 0 bridgehead atoms. The molecule has 4 aliphatic rings. The Balaban J connectivity index is 1.15. The van der Waals surface area contributed by atoms with Gasteiger partial charge in [-0.15, -0.1) is 0 Å². The van der Waals surface area contributed by atoms with Crippen LogP contribution in [0.1, 0.15) is 69.4 Å². The van der Waals surface area contributed by atoms with Gasteiger partial charge in [0.1, 0.15) is 29.2 Å². The van der Waals surface area contributed by atoms with E-state index in [9.17, 15) is 22.8 Å². The third-order valence-electron chi connectivity index (χ3n) is 12.4. The number of carbonyl (C=O) groups is 3. The van der Waals surface area contributed by atoms with E-state index in [0.717, 1.165) is 42.4 Å². The Morgan fingerprint density at radius 3 is 2.45 bits per heavy atom. The van der Waals surface area contributed by atoms with Crippen molar-refractivity contribution >= 4 is 38.8 Å². The molecule has 14 nitrogen and oxygen atoms in total.